The summed E-state index contributed by atoms with van der Waals surface area (Å²) in [7, 11) is 0. The topological polar surface area (TPSA) is 73.9 Å². The Morgan fingerprint density at radius 1 is 1.28 bits per heavy atom. The van der Waals surface area contributed by atoms with Gasteiger partial charge in [0.25, 0.3) is 5.91 Å². The Labute approximate surface area is 148 Å². The first-order valence-electron chi connectivity index (χ1n) is 8.85. The number of rotatable bonds is 3. The molecule has 0 aromatic heterocycles. The average molecular weight is 346 g/mol. The van der Waals surface area contributed by atoms with Crippen LogP contribution in [0.4, 0.5) is 10.5 Å². The largest absolute Gasteiger partial charge is 0.378 e. The third kappa shape index (κ3) is 4.11. The molecule has 0 aliphatic carbocycles. The van der Waals surface area contributed by atoms with Crippen molar-refractivity contribution in [3.05, 3.63) is 29.3 Å². The number of nitrogens with zero attached hydrogens (tertiary/aromatic N) is 2. The van der Waals surface area contributed by atoms with E-state index in [0.29, 0.717) is 25.3 Å². The molecule has 2 heterocycles. The summed E-state index contributed by atoms with van der Waals surface area (Å²) in [6.45, 7) is 9.07. The van der Waals surface area contributed by atoms with Crippen LogP contribution in [0.3, 0.4) is 0 Å². The van der Waals surface area contributed by atoms with Gasteiger partial charge in [0.05, 0.1) is 19.3 Å². The number of aryl methyl sites for hydroxylation is 1. The molecule has 1 aromatic carbocycles. The van der Waals surface area contributed by atoms with Crippen LogP contribution in [0.2, 0.25) is 0 Å². The van der Waals surface area contributed by atoms with Gasteiger partial charge < -0.3 is 20.3 Å². The molecule has 3 amide bonds. The van der Waals surface area contributed by atoms with Crippen LogP contribution in [0.1, 0.15) is 22.8 Å². The summed E-state index contributed by atoms with van der Waals surface area (Å²) in [4.78, 5) is 28.7. The van der Waals surface area contributed by atoms with Gasteiger partial charge in [0, 0.05) is 44.0 Å². The molecule has 2 fully saturated rings. The molecule has 0 bridgehead atoms. The average Bonchev–Trinajstić information content (AvgIpc) is 2.63. The fraction of sp³-hybridized carbons (Fsp3) is 0.556. The van der Waals surface area contributed by atoms with E-state index in [2.05, 4.69) is 15.5 Å². The molecule has 2 N–H and O–H groups in total. The van der Waals surface area contributed by atoms with Crippen molar-refractivity contribution >= 4 is 17.6 Å². The van der Waals surface area contributed by atoms with E-state index in [4.69, 9.17) is 4.74 Å². The van der Waals surface area contributed by atoms with Crippen molar-refractivity contribution in [1.82, 2.24) is 15.1 Å². The van der Waals surface area contributed by atoms with Crippen molar-refractivity contribution < 1.29 is 14.3 Å². The highest BCUT2D eigenvalue weighted by Gasteiger charge is 2.31. The Hall–Kier alpha value is -2.12. The number of anilines is 1. The predicted molar refractivity (Wildman–Crippen MR) is 96.0 cm³/mol. The predicted octanol–water partition coefficient (Wildman–Crippen LogP) is 1.29. The minimum atomic E-state index is -0.100. The van der Waals surface area contributed by atoms with Crippen LogP contribution in [-0.4, -0.2) is 73.7 Å². The molecular formula is C18H26N4O3. The van der Waals surface area contributed by atoms with Crippen LogP contribution in [0.25, 0.3) is 0 Å². The fourth-order valence-electron chi connectivity index (χ4n) is 3.33. The lowest BCUT2D eigenvalue weighted by Crippen LogP contribution is -2.59. The Bertz CT molecular complexity index is 649. The standard InChI is InChI=1S/C18H26N4O3/c1-3-19-17(23)14-4-5-16(13(2)10-14)20-18(24)22-7-6-21-8-9-25-12-15(21)11-22/h4-5,10,15H,3,6-9,11-12H2,1-2H3,(H,19,23)(H,20,24)/t15-/m0/s1. The summed E-state index contributed by atoms with van der Waals surface area (Å²) < 4.78 is 5.52. The molecule has 2 aliphatic rings. The number of carbonyl (C=O) groups is 2. The van der Waals surface area contributed by atoms with E-state index < -0.39 is 0 Å². The first kappa shape index (κ1) is 17.7. The second-order valence-electron chi connectivity index (χ2n) is 6.53. The van der Waals surface area contributed by atoms with Crippen LogP contribution in [0.5, 0.6) is 0 Å². The zero-order valence-electron chi connectivity index (χ0n) is 14.9. The van der Waals surface area contributed by atoms with E-state index >= 15 is 0 Å². The normalized spacial score (nSPS) is 20.7. The molecule has 136 valence electrons. The minimum absolute atomic E-state index is 0.0981. The van der Waals surface area contributed by atoms with Crippen molar-refractivity contribution in [2.75, 3.05) is 51.3 Å². The molecule has 25 heavy (non-hydrogen) atoms. The number of urea groups is 1. The fourth-order valence-corrected chi connectivity index (χ4v) is 3.33. The molecule has 7 nitrogen and oxygen atoms in total. The highest BCUT2D eigenvalue weighted by molar-refractivity contribution is 5.96. The lowest BCUT2D eigenvalue weighted by molar-refractivity contribution is -0.0355. The number of fused-ring (bicyclic) bond motifs is 1. The Morgan fingerprint density at radius 3 is 2.88 bits per heavy atom. The van der Waals surface area contributed by atoms with Gasteiger partial charge in [-0.3, -0.25) is 9.69 Å². The van der Waals surface area contributed by atoms with E-state index in [1.165, 1.54) is 0 Å². The number of hydrogen-bond acceptors (Lipinski definition) is 4. The van der Waals surface area contributed by atoms with E-state index in [1.54, 1.807) is 18.2 Å². The van der Waals surface area contributed by atoms with Crippen LogP contribution in [0, 0.1) is 6.92 Å². The summed E-state index contributed by atoms with van der Waals surface area (Å²) in [5.41, 5.74) is 2.21. The smallest absolute Gasteiger partial charge is 0.321 e. The number of carbonyl (C=O) groups excluding carboxylic acids is 2. The molecule has 1 aromatic rings. The quantitative estimate of drug-likeness (QED) is 0.865. The molecule has 3 rings (SSSR count). The highest BCUT2D eigenvalue weighted by atomic mass is 16.5. The number of benzene rings is 1. The molecule has 2 aliphatic heterocycles. The van der Waals surface area contributed by atoms with Gasteiger partial charge in [-0.25, -0.2) is 4.79 Å². The molecule has 0 radical (unpaired) electrons. The molecule has 1 atom stereocenters. The van der Waals surface area contributed by atoms with Crippen molar-refractivity contribution in [2.24, 2.45) is 0 Å². The summed E-state index contributed by atoms with van der Waals surface area (Å²) in [5.74, 6) is -0.100. The Kier molecular flexibility index (Phi) is 5.55. The van der Waals surface area contributed by atoms with Gasteiger partial charge in [-0.05, 0) is 37.6 Å². The molecule has 0 spiro atoms. The SMILES string of the molecule is CCNC(=O)c1ccc(NC(=O)N2CCN3CCOC[C@@H]3C2)c(C)c1. The summed E-state index contributed by atoms with van der Waals surface area (Å²) >= 11 is 0. The minimum Gasteiger partial charge on any atom is -0.378 e. The van der Waals surface area contributed by atoms with E-state index in [-0.39, 0.29) is 18.0 Å². The third-order valence-corrected chi connectivity index (χ3v) is 4.79. The number of ether oxygens (including phenoxy) is 1. The first-order valence-corrected chi connectivity index (χ1v) is 8.85. The number of morpholine rings is 1. The van der Waals surface area contributed by atoms with Gasteiger partial charge in [0.2, 0.25) is 0 Å². The second kappa shape index (κ2) is 7.84. The van der Waals surface area contributed by atoms with Gasteiger partial charge in [-0.1, -0.05) is 0 Å². The number of nitrogens with one attached hydrogen (secondary N) is 2. The molecular weight excluding hydrogens is 320 g/mol. The van der Waals surface area contributed by atoms with Gasteiger partial charge in [-0.15, -0.1) is 0 Å². The number of amides is 3. The third-order valence-electron chi connectivity index (χ3n) is 4.79. The summed E-state index contributed by atoms with van der Waals surface area (Å²) in [6.07, 6.45) is 0. The lowest BCUT2D eigenvalue weighted by atomic mass is 10.1. The van der Waals surface area contributed by atoms with Crippen LogP contribution in [-0.2, 0) is 4.74 Å². The van der Waals surface area contributed by atoms with Gasteiger partial charge in [0.1, 0.15) is 0 Å². The van der Waals surface area contributed by atoms with Gasteiger partial charge in [-0.2, -0.15) is 0 Å². The zero-order chi connectivity index (χ0) is 17.8. The van der Waals surface area contributed by atoms with Crippen LogP contribution < -0.4 is 10.6 Å². The Morgan fingerprint density at radius 2 is 2.12 bits per heavy atom. The van der Waals surface area contributed by atoms with E-state index in [1.807, 2.05) is 18.7 Å². The molecule has 7 heteroatoms. The molecule has 2 saturated heterocycles. The van der Waals surface area contributed by atoms with Crippen molar-refractivity contribution in [3.63, 3.8) is 0 Å². The second-order valence-corrected chi connectivity index (χ2v) is 6.53. The number of hydrogen-bond donors (Lipinski definition) is 2. The van der Waals surface area contributed by atoms with Gasteiger partial charge in [0.15, 0.2) is 0 Å². The van der Waals surface area contributed by atoms with Crippen molar-refractivity contribution in [2.45, 2.75) is 19.9 Å². The summed E-state index contributed by atoms with van der Waals surface area (Å²) in [6, 6.07) is 5.51. The zero-order valence-corrected chi connectivity index (χ0v) is 14.9. The molecule has 0 unspecified atom stereocenters. The summed E-state index contributed by atoms with van der Waals surface area (Å²) in [5, 5.41) is 5.75. The van der Waals surface area contributed by atoms with E-state index in [0.717, 1.165) is 37.5 Å². The van der Waals surface area contributed by atoms with Crippen molar-refractivity contribution in [3.8, 4) is 0 Å². The maximum absolute atomic E-state index is 12.6. The van der Waals surface area contributed by atoms with E-state index in [9.17, 15) is 9.59 Å². The molecule has 0 saturated carbocycles. The monoisotopic (exact) mass is 346 g/mol. The van der Waals surface area contributed by atoms with Gasteiger partial charge >= 0.3 is 6.03 Å². The van der Waals surface area contributed by atoms with Crippen LogP contribution in [0.15, 0.2) is 18.2 Å². The Balaban J connectivity index is 1.62. The number of piperazine rings is 1. The first-order chi connectivity index (χ1) is 12.1. The maximum atomic E-state index is 12.6. The maximum Gasteiger partial charge on any atom is 0.321 e. The highest BCUT2D eigenvalue weighted by Crippen LogP contribution is 2.19. The lowest BCUT2D eigenvalue weighted by Gasteiger charge is -2.43. The van der Waals surface area contributed by atoms with Crippen molar-refractivity contribution in [1.29, 1.82) is 0 Å². The van der Waals surface area contributed by atoms with Crippen LogP contribution >= 0.6 is 0 Å².